The van der Waals surface area contributed by atoms with Crippen molar-refractivity contribution in [3.63, 3.8) is 0 Å². The van der Waals surface area contributed by atoms with Crippen molar-refractivity contribution >= 4 is 17.6 Å². The summed E-state index contributed by atoms with van der Waals surface area (Å²) in [7, 11) is 0. The number of nitrogens with two attached hydrogens (primary N) is 1. The minimum absolute atomic E-state index is 0.215. The molecule has 13 heavy (non-hydrogen) atoms. The molecule has 2 N–H and O–H groups in total. The number of carbonyl (C=O) groups excluding carboxylic acids is 1. The second-order valence-electron chi connectivity index (χ2n) is 2.47. The van der Waals surface area contributed by atoms with Crippen LogP contribution < -0.4 is 10.5 Å². The molecule has 0 aromatic heterocycles. The molecule has 1 aromatic carbocycles. The molecule has 0 heterocycles. The van der Waals surface area contributed by atoms with Crippen LogP contribution in [0.1, 0.15) is 6.42 Å². The molecule has 0 amide bonds. The summed E-state index contributed by atoms with van der Waals surface area (Å²) in [5.41, 5.74) is 5.19. The third kappa shape index (κ3) is 3.44. The smallest absolute Gasteiger partial charge is 0.312 e. The first-order valence-electron chi connectivity index (χ1n) is 3.88. The van der Waals surface area contributed by atoms with Gasteiger partial charge in [0.05, 0.1) is 6.42 Å². The Bertz CT molecular complexity index is 301. The highest BCUT2D eigenvalue weighted by Gasteiger charge is 2.02. The number of ether oxygens (including phenoxy) is 1. The van der Waals surface area contributed by atoms with Crippen LogP contribution in [0.15, 0.2) is 24.3 Å². The summed E-state index contributed by atoms with van der Waals surface area (Å²) in [6, 6.07) is 6.67. The van der Waals surface area contributed by atoms with Gasteiger partial charge in [0.2, 0.25) is 0 Å². The van der Waals surface area contributed by atoms with E-state index in [1.807, 2.05) is 0 Å². The maximum atomic E-state index is 11.0. The van der Waals surface area contributed by atoms with E-state index >= 15 is 0 Å². The number of esters is 1. The lowest BCUT2D eigenvalue weighted by molar-refractivity contribution is -0.134. The first kappa shape index (κ1) is 10.0. The zero-order valence-corrected chi connectivity index (χ0v) is 7.75. The van der Waals surface area contributed by atoms with Gasteiger partial charge in [-0.15, -0.1) is 0 Å². The topological polar surface area (TPSA) is 52.3 Å². The number of carbonyl (C=O) groups is 1. The fourth-order valence-corrected chi connectivity index (χ4v) is 1.01. The minimum atomic E-state index is -0.343. The Kier molecular flexibility index (Phi) is 3.73. The van der Waals surface area contributed by atoms with Gasteiger partial charge in [-0.05, 0) is 18.2 Å². The molecule has 0 fully saturated rings. The highest BCUT2D eigenvalue weighted by atomic mass is 35.5. The molecule has 4 heteroatoms. The van der Waals surface area contributed by atoms with Crippen LogP contribution in [0.5, 0.6) is 5.75 Å². The molecular formula is C9H10ClNO2. The summed E-state index contributed by atoms with van der Waals surface area (Å²) in [6.45, 7) is 0.291. The SMILES string of the molecule is NCCC(=O)Oc1cccc(Cl)c1. The third-order valence-corrected chi connectivity index (χ3v) is 1.61. The Labute approximate surface area is 81.4 Å². The maximum Gasteiger partial charge on any atom is 0.312 e. The summed E-state index contributed by atoms with van der Waals surface area (Å²) in [5.74, 6) is 0.107. The largest absolute Gasteiger partial charge is 0.426 e. The highest BCUT2D eigenvalue weighted by Crippen LogP contribution is 2.17. The van der Waals surface area contributed by atoms with E-state index in [-0.39, 0.29) is 12.4 Å². The van der Waals surface area contributed by atoms with Gasteiger partial charge in [0.1, 0.15) is 5.75 Å². The summed E-state index contributed by atoms with van der Waals surface area (Å²) in [5, 5.41) is 0.540. The number of halogens is 1. The fraction of sp³-hybridized carbons (Fsp3) is 0.222. The van der Waals surface area contributed by atoms with E-state index in [4.69, 9.17) is 22.1 Å². The zero-order valence-electron chi connectivity index (χ0n) is 7.00. The Balaban J connectivity index is 2.58. The Morgan fingerprint density at radius 1 is 1.54 bits per heavy atom. The van der Waals surface area contributed by atoms with Crippen LogP contribution in [-0.2, 0) is 4.79 Å². The standard InChI is InChI=1S/C9H10ClNO2/c10-7-2-1-3-8(6-7)13-9(12)4-5-11/h1-3,6H,4-5,11H2. The van der Waals surface area contributed by atoms with Crippen molar-refractivity contribution in [1.29, 1.82) is 0 Å². The Morgan fingerprint density at radius 3 is 2.92 bits per heavy atom. The van der Waals surface area contributed by atoms with Gasteiger partial charge in [-0.25, -0.2) is 0 Å². The third-order valence-electron chi connectivity index (χ3n) is 1.38. The number of rotatable bonds is 3. The van der Waals surface area contributed by atoms with Crippen LogP contribution >= 0.6 is 11.6 Å². The molecule has 0 spiro atoms. The molecule has 1 rings (SSSR count). The van der Waals surface area contributed by atoms with E-state index in [2.05, 4.69) is 0 Å². The number of hydrogen-bond acceptors (Lipinski definition) is 3. The lowest BCUT2D eigenvalue weighted by atomic mass is 10.3. The Morgan fingerprint density at radius 2 is 2.31 bits per heavy atom. The average Bonchev–Trinajstić information content (AvgIpc) is 2.04. The van der Waals surface area contributed by atoms with Gasteiger partial charge in [0, 0.05) is 11.6 Å². The van der Waals surface area contributed by atoms with Crippen molar-refractivity contribution in [2.45, 2.75) is 6.42 Å². The molecule has 0 atom stereocenters. The van der Waals surface area contributed by atoms with Gasteiger partial charge in [-0.3, -0.25) is 4.79 Å². The van der Waals surface area contributed by atoms with Crippen LogP contribution in [0.25, 0.3) is 0 Å². The molecular weight excluding hydrogens is 190 g/mol. The van der Waals surface area contributed by atoms with Crippen LogP contribution in [0.2, 0.25) is 5.02 Å². The van der Waals surface area contributed by atoms with E-state index in [0.29, 0.717) is 17.3 Å². The molecule has 0 bridgehead atoms. The summed E-state index contributed by atoms with van der Waals surface area (Å²) in [4.78, 5) is 11.0. The van der Waals surface area contributed by atoms with E-state index < -0.39 is 0 Å². The molecule has 0 unspecified atom stereocenters. The fourth-order valence-electron chi connectivity index (χ4n) is 0.831. The first-order valence-corrected chi connectivity index (χ1v) is 4.26. The van der Waals surface area contributed by atoms with Gasteiger partial charge < -0.3 is 10.5 Å². The summed E-state index contributed by atoms with van der Waals surface area (Å²) in [6.07, 6.45) is 0.215. The summed E-state index contributed by atoms with van der Waals surface area (Å²) < 4.78 is 4.93. The molecule has 0 saturated carbocycles. The van der Waals surface area contributed by atoms with E-state index in [0.717, 1.165) is 0 Å². The maximum absolute atomic E-state index is 11.0. The molecule has 1 aromatic rings. The molecule has 0 aliphatic carbocycles. The minimum Gasteiger partial charge on any atom is -0.426 e. The monoisotopic (exact) mass is 199 g/mol. The van der Waals surface area contributed by atoms with Crippen molar-refractivity contribution in [2.75, 3.05) is 6.54 Å². The molecule has 0 saturated heterocycles. The number of benzene rings is 1. The van der Waals surface area contributed by atoms with Crippen molar-refractivity contribution < 1.29 is 9.53 Å². The van der Waals surface area contributed by atoms with Gasteiger partial charge in [-0.1, -0.05) is 17.7 Å². The van der Waals surface area contributed by atoms with Gasteiger partial charge in [-0.2, -0.15) is 0 Å². The molecule has 0 aliphatic heterocycles. The van der Waals surface area contributed by atoms with E-state index in [1.54, 1.807) is 24.3 Å². The zero-order chi connectivity index (χ0) is 9.68. The van der Waals surface area contributed by atoms with Crippen molar-refractivity contribution in [3.05, 3.63) is 29.3 Å². The van der Waals surface area contributed by atoms with Crippen LogP contribution in [0.3, 0.4) is 0 Å². The second-order valence-corrected chi connectivity index (χ2v) is 2.91. The van der Waals surface area contributed by atoms with E-state index in [9.17, 15) is 4.79 Å². The van der Waals surface area contributed by atoms with Crippen LogP contribution in [-0.4, -0.2) is 12.5 Å². The quantitative estimate of drug-likeness (QED) is 0.594. The second kappa shape index (κ2) is 4.84. The molecule has 0 aliphatic rings. The predicted molar refractivity (Wildman–Crippen MR) is 50.8 cm³/mol. The lowest BCUT2D eigenvalue weighted by Crippen LogP contribution is -2.13. The Hall–Kier alpha value is -1.06. The van der Waals surface area contributed by atoms with Gasteiger partial charge in [0.25, 0.3) is 0 Å². The van der Waals surface area contributed by atoms with Crippen molar-refractivity contribution in [3.8, 4) is 5.75 Å². The van der Waals surface area contributed by atoms with Crippen LogP contribution in [0.4, 0.5) is 0 Å². The van der Waals surface area contributed by atoms with Gasteiger partial charge >= 0.3 is 5.97 Å². The van der Waals surface area contributed by atoms with Gasteiger partial charge in [0.15, 0.2) is 0 Å². The van der Waals surface area contributed by atoms with Crippen LogP contribution in [0, 0.1) is 0 Å². The predicted octanol–water partition coefficient (Wildman–Crippen LogP) is 1.59. The normalized spacial score (nSPS) is 9.69. The summed E-state index contributed by atoms with van der Waals surface area (Å²) >= 11 is 5.69. The van der Waals surface area contributed by atoms with Crippen molar-refractivity contribution in [1.82, 2.24) is 0 Å². The van der Waals surface area contributed by atoms with E-state index in [1.165, 1.54) is 0 Å². The molecule has 0 radical (unpaired) electrons. The highest BCUT2D eigenvalue weighted by molar-refractivity contribution is 6.30. The number of hydrogen-bond donors (Lipinski definition) is 1. The first-order chi connectivity index (χ1) is 6.22. The average molecular weight is 200 g/mol. The van der Waals surface area contributed by atoms with Crippen molar-refractivity contribution in [2.24, 2.45) is 5.73 Å². The lowest BCUT2D eigenvalue weighted by Gasteiger charge is -2.02. The molecule has 70 valence electrons. The molecule has 3 nitrogen and oxygen atoms in total.